The van der Waals surface area contributed by atoms with E-state index in [1.54, 1.807) is 9.80 Å². The second kappa shape index (κ2) is 7.64. The third-order valence-corrected chi connectivity index (χ3v) is 5.03. The van der Waals surface area contributed by atoms with Crippen LogP contribution in [0.1, 0.15) is 33.6 Å². The summed E-state index contributed by atoms with van der Waals surface area (Å²) in [5, 5.41) is 9.79. The van der Waals surface area contributed by atoms with Gasteiger partial charge in [0.05, 0.1) is 0 Å². The third-order valence-electron chi connectivity index (χ3n) is 5.03. The van der Waals surface area contributed by atoms with E-state index in [1.807, 2.05) is 20.8 Å². The number of nitrogens with zero attached hydrogens (tertiary/aromatic N) is 2. The van der Waals surface area contributed by atoms with Crippen LogP contribution in [-0.4, -0.2) is 72.1 Å². The quantitative estimate of drug-likeness (QED) is 0.787. The lowest BCUT2D eigenvalue weighted by molar-refractivity contribution is 0.00175. The molecule has 25 heavy (non-hydrogen) atoms. The van der Waals surface area contributed by atoms with Gasteiger partial charge in [-0.1, -0.05) is 12.7 Å². The predicted molar refractivity (Wildman–Crippen MR) is 93.2 cm³/mol. The number of piperidine rings is 1. The second-order valence-corrected chi connectivity index (χ2v) is 7.96. The number of carbonyl (C=O) groups excluding carboxylic acids is 2. The maximum absolute atomic E-state index is 12.2. The van der Waals surface area contributed by atoms with E-state index in [1.165, 1.54) is 6.08 Å². The fraction of sp³-hybridized carbons (Fsp3) is 0.778. The molecule has 0 aliphatic carbocycles. The molecule has 2 saturated heterocycles. The smallest absolute Gasteiger partial charge is 0.410 e. The molecule has 0 radical (unpaired) electrons. The molecule has 0 aromatic heterocycles. The molecule has 2 heterocycles. The van der Waals surface area contributed by atoms with E-state index in [9.17, 15) is 14.7 Å². The lowest BCUT2D eigenvalue weighted by atomic mass is 9.71. The Labute approximate surface area is 149 Å². The first-order chi connectivity index (χ1) is 11.7. The SMILES string of the molecule is C=CCOC(=O)N1CC(CO)C2(CCN(C(=O)OC(C)(C)C)CC2)C1. The maximum Gasteiger partial charge on any atom is 0.410 e. The van der Waals surface area contributed by atoms with E-state index in [0.717, 1.165) is 12.8 Å². The number of carbonyl (C=O) groups is 2. The fourth-order valence-corrected chi connectivity index (χ4v) is 3.67. The molecule has 2 fully saturated rings. The van der Waals surface area contributed by atoms with Crippen molar-refractivity contribution in [2.24, 2.45) is 11.3 Å². The minimum absolute atomic E-state index is 0.00423. The Kier molecular flexibility index (Phi) is 5.98. The number of aliphatic hydroxyl groups is 1. The first-order valence-corrected chi connectivity index (χ1v) is 8.82. The molecular formula is C18H30N2O5. The average Bonchev–Trinajstić information content (AvgIpc) is 2.90. The zero-order valence-corrected chi connectivity index (χ0v) is 15.5. The highest BCUT2D eigenvalue weighted by atomic mass is 16.6. The van der Waals surface area contributed by atoms with E-state index in [2.05, 4.69) is 6.58 Å². The Bertz CT molecular complexity index is 506. The number of hydrogen-bond donors (Lipinski definition) is 1. The Morgan fingerprint density at radius 3 is 2.40 bits per heavy atom. The zero-order chi connectivity index (χ0) is 18.7. The molecule has 2 rings (SSSR count). The van der Waals surface area contributed by atoms with E-state index >= 15 is 0 Å². The van der Waals surface area contributed by atoms with Gasteiger partial charge in [0.2, 0.25) is 0 Å². The van der Waals surface area contributed by atoms with Gasteiger partial charge < -0.3 is 24.4 Å². The molecule has 0 bridgehead atoms. The number of ether oxygens (including phenoxy) is 2. The van der Waals surface area contributed by atoms with Crippen LogP contribution < -0.4 is 0 Å². The van der Waals surface area contributed by atoms with Gasteiger partial charge >= 0.3 is 12.2 Å². The molecule has 0 aromatic rings. The van der Waals surface area contributed by atoms with Crippen molar-refractivity contribution in [1.29, 1.82) is 0 Å². The van der Waals surface area contributed by atoms with Gasteiger partial charge in [-0.3, -0.25) is 0 Å². The van der Waals surface area contributed by atoms with Gasteiger partial charge in [0.1, 0.15) is 12.2 Å². The Morgan fingerprint density at radius 1 is 1.24 bits per heavy atom. The molecule has 1 N–H and O–H groups in total. The van der Waals surface area contributed by atoms with Crippen molar-refractivity contribution in [2.45, 2.75) is 39.2 Å². The normalized spacial score (nSPS) is 22.8. The van der Waals surface area contributed by atoms with Gasteiger partial charge in [0.25, 0.3) is 0 Å². The van der Waals surface area contributed by atoms with Crippen molar-refractivity contribution in [3.63, 3.8) is 0 Å². The van der Waals surface area contributed by atoms with E-state index < -0.39 is 5.60 Å². The molecule has 7 nitrogen and oxygen atoms in total. The van der Waals surface area contributed by atoms with Gasteiger partial charge in [-0.25, -0.2) is 9.59 Å². The molecule has 2 aliphatic rings. The highest BCUT2D eigenvalue weighted by molar-refractivity contribution is 5.69. The number of aliphatic hydroxyl groups excluding tert-OH is 1. The van der Waals surface area contributed by atoms with Crippen LogP contribution in [0.5, 0.6) is 0 Å². The van der Waals surface area contributed by atoms with Crippen LogP contribution in [0.2, 0.25) is 0 Å². The fourth-order valence-electron chi connectivity index (χ4n) is 3.67. The van der Waals surface area contributed by atoms with Gasteiger partial charge in [0, 0.05) is 38.7 Å². The summed E-state index contributed by atoms with van der Waals surface area (Å²) < 4.78 is 10.5. The topological polar surface area (TPSA) is 79.3 Å². The summed E-state index contributed by atoms with van der Waals surface area (Å²) in [6, 6.07) is 0. The number of amides is 2. The second-order valence-electron chi connectivity index (χ2n) is 7.96. The maximum atomic E-state index is 12.2. The highest BCUT2D eigenvalue weighted by Crippen LogP contribution is 2.44. The number of hydrogen-bond acceptors (Lipinski definition) is 5. The molecule has 0 aromatic carbocycles. The van der Waals surface area contributed by atoms with Crippen molar-refractivity contribution < 1.29 is 24.2 Å². The predicted octanol–water partition coefficient (Wildman–Crippen LogP) is 2.25. The summed E-state index contributed by atoms with van der Waals surface area (Å²) in [5.41, 5.74) is -0.681. The van der Waals surface area contributed by atoms with E-state index in [-0.39, 0.29) is 36.7 Å². The van der Waals surface area contributed by atoms with Crippen molar-refractivity contribution in [2.75, 3.05) is 39.4 Å². The van der Waals surface area contributed by atoms with E-state index in [4.69, 9.17) is 9.47 Å². The van der Waals surface area contributed by atoms with Gasteiger partial charge in [-0.15, -0.1) is 0 Å². The highest BCUT2D eigenvalue weighted by Gasteiger charge is 2.50. The van der Waals surface area contributed by atoms with Crippen LogP contribution in [-0.2, 0) is 9.47 Å². The molecule has 1 atom stereocenters. The molecule has 7 heteroatoms. The summed E-state index contributed by atoms with van der Waals surface area (Å²) in [6.45, 7) is 11.5. The van der Waals surface area contributed by atoms with Crippen LogP contribution in [0.3, 0.4) is 0 Å². The van der Waals surface area contributed by atoms with Crippen molar-refractivity contribution in [1.82, 2.24) is 9.80 Å². The van der Waals surface area contributed by atoms with Gasteiger partial charge in [-0.05, 0) is 39.0 Å². The number of rotatable bonds is 3. The Morgan fingerprint density at radius 2 is 1.88 bits per heavy atom. The molecule has 0 saturated carbocycles. The lowest BCUT2D eigenvalue weighted by Crippen LogP contribution is -2.48. The van der Waals surface area contributed by atoms with Crippen molar-refractivity contribution in [3.05, 3.63) is 12.7 Å². The van der Waals surface area contributed by atoms with Crippen LogP contribution >= 0.6 is 0 Å². The zero-order valence-electron chi connectivity index (χ0n) is 15.5. The van der Waals surface area contributed by atoms with Crippen LogP contribution in [0.4, 0.5) is 9.59 Å². The molecule has 1 unspecified atom stereocenters. The Hall–Kier alpha value is -1.76. The number of likely N-dealkylation sites (tertiary alicyclic amines) is 2. The molecule has 1 spiro atoms. The van der Waals surface area contributed by atoms with Crippen LogP contribution in [0.25, 0.3) is 0 Å². The summed E-state index contributed by atoms with van der Waals surface area (Å²) in [6.07, 6.45) is 2.34. The third kappa shape index (κ3) is 4.66. The standard InChI is InChI=1S/C18H30N2O5/c1-5-10-24-15(22)20-11-14(12-21)18(13-20)6-8-19(9-7-18)16(23)25-17(2,3)4/h5,14,21H,1,6-13H2,2-4H3. The van der Waals surface area contributed by atoms with Gasteiger partial charge in [0.15, 0.2) is 0 Å². The van der Waals surface area contributed by atoms with E-state index in [0.29, 0.717) is 26.2 Å². The summed E-state index contributed by atoms with van der Waals surface area (Å²) >= 11 is 0. The lowest BCUT2D eigenvalue weighted by Gasteiger charge is -2.42. The monoisotopic (exact) mass is 354 g/mol. The minimum Gasteiger partial charge on any atom is -0.445 e. The molecular weight excluding hydrogens is 324 g/mol. The largest absolute Gasteiger partial charge is 0.445 e. The first-order valence-electron chi connectivity index (χ1n) is 8.82. The minimum atomic E-state index is -0.515. The van der Waals surface area contributed by atoms with Crippen LogP contribution in [0.15, 0.2) is 12.7 Å². The van der Waals surface area contributed by atoms with Crippen molar-refractivity contribution in [3.8, 4) is 0 Å². The Balaban J connectivity index is 1.97. The first kappa shape index (κ1) is 19.6. The van der Waals surface area contributed by atoms with Gasteiger partial charge in [-0.2, -0.15) is 0 Å². The summed E-state index contributed by atoms with van der Waals surface area (Å²) in [4.78, 5) is 27.7. The summed E-state index contributed by atoms with van der Waals surface area (Å²) in [7, 11) is 0. The average molecular weight is 354 g/mol. The molecule has 142 valence electrons. The molecule has 2 amide bonds. The van der Waals surface area contributed by atoms with Crippen molar-refractivity contribution >= 4 is 12.2 Å². The van der Waals surface area contributed by atoms with Crippen LogP contribution in [0, 0.1) is 11.3 Å². The molecule has 2 aliphatic heterocycles. The summed E-state index contributed by atoms with van der Waals surface area (Å²) in [5.74, 6) is 0.00423.